The first-order valence-electron chi connectivity index (χ1n) is 7.40. The molecule has 2 rings (SSSR count). The molecule has 0 aromatic heterocycles. The van der Waals surface area contributed by atoms with Crippen molar-refractivity contribution in [1.82, 2.24) is 10.6 Å². The summed E-state index contributed by atoms with van der Waals surface area (Å²) in [5, 5.41) is 5.43. The molecule has 0 saturated heterocycles. The predicted molar refractivity (Wildman–Crippen MR) is 84.1 cm³/mol. The zero-order chi connectivity index (χ0) is 16.3. The normalized spacial score (nSPS) is 18.0. The Balaban J connectivity index is 2.32. The molecule has 1 aliphatic rings. The van der Waals surface area contributed by atoms with Crippen LogP contribution < -0.4 is 10.6 Å². The van der Waals surface area contributed by atoms with Crippen molar-refractivity contribution >= 4 is 12.0 Å². The highest BCUT2D eigenvalue weighted by Gasteiger charge is 2.32. The lowest BCUT2D eigenvalue weighted by atomic mass is 9.95. The maximum atomic E-state index is 12.4. The maximum Gasteiger partial charge on any atom is 0.338 e. The van der Waals surface area contributed by atoms with Crippen LogP contribution in [0.25, 0.3) is 0 Å². The summed E-state index contributed by atoms with van der Waals surface area (Å²) >= 11 is 0. The molecule has 0 radical (unpaired) electrons. The topological polar surface area (TPSA) is 67.4 Å². The average Bonchev–Trinajstić information content (AvgIpc) is 2.44. The van der Waals surface area contributed by atoms with Crippen molar-refractivity contribution in [2.45, 2.75) is 33.7 Å². The largest absolute Gasteiger partial charge is 0.462 e. The van der Waals surface area contributed by atoms with Gasteiger partial charge in [-0.1, -0.05) is 43.7 Å². The molecular formula is C17H22N2O3. The third-order valence-corrected chi connectivity index (χ3v) is 3.45. The fourth-order valence-electron chi connectivity index (χ4n) is 2.29. The van der Waals surface area contributed by atoms with Crippen LogP contribution in [-0.2, 0) is 9.53 Å². The van der Waals surface area contributed by atoms with Crippen LogP contribution in [0, 0.1) is 12.8 Å². The Hall–Kier alpha value is -2.30. The van der Waals surface area contributed by atoms with Gasteiger partial charge in [-0.3, -0.25) is 0 Å². The van der Waals surface area contributed by atoms with Crippen molar-refractivity contribution in [1.29, 1.82) is 0 Å². The highest BCUT2D eigenvalue weighted by Crippen LogP contribution is 2.27. The molecule has 2 amide bonds. The summed E-state index contributed by atoms with van der Waals surface area (Å²) in [5.74, 6) is -0.141. The zero-order valence-corrected chi connectivity index (χ0v) is 13.4. The van der Waals surface area contributed by atoms with Crippen LogP contribution in [-0.4, -0.2) is 18.6 Å². The Morgan fingerprint density at radius 3 is 2.45 bits per heavy atom. The number of aryl methyl sites for hydroxylation is 1. The maximum absolute atomic E-state index is 12.4. The molecular weight excluding hydrogens is 280 g/mol. The molecule has 1 unspecified atom stereocenters. The van der Waals surface area contributed by atoms with E-state index in [1.54, 1.807) is 6.92 Å². The van der Waals surface area contributed by atoms with Gasteiger partial charge in [0.1, 0.15) is 0 Å². The fraction of sp³-hybridized carbons (Fsp3) is 0.412. The van der Waals surface area contributed by atoms with Crippen molar-refractivity contribution in [2.75, 3.05) is 6.61 Å². The smallest absolute Gasteiger partial charge is 0.338 e. The van der Waals surface area contributed by atoms with Crippen LogP contribution in [0.3, 0.4) is 0 Å². The number of nitrogens with one attached hydrogen (secondary N) is 2. The number of esters is 1. The molecule has 5 heteroatoms. The Morgan fingerprint density at radius 1 is 1.23 bits per heavy atom. The minimum absolute atomic E-state index is 0.258. The summed E-state index contributed by atoms with van der Waals surface area (Å²) in [6, 6.07) is 6.92. The Bertz CT molecular complexity index is 603. The number of rotatable bonds is 4. The molecule has 0 aliphatic carbocycles. The second-order valence-corrected chi connectivity index (χ2v) is 5.97. The van der Waals surface area contributed by atoms with E-state index in [4.69, 9.17) is 4.74 Å². The Morgan fingerprint density at radius 2 is 1.86 bits per heavy atom. The molecule has 1 aromatic rings. The number of urea groups is 1. The highest BCUT2D eigenvalue weighted by atomic mass is 16.5. The molecule has 1 aromatic carbocycles. The third kappa shape index (κ3) is 3.67. The van der Waals surface area contributed by atoms with Gasteiger partial charge in [0.25, 0.3) is 0 Å². The number of hydrogen-bond acceptors (Lipinski definition) is 3. The number of carbonyl (C=O) groups is 2. The van der Waals surface area contributed by atoms with E-state index in [1.807, 2.05) is 45.0 Å². The minimum atomic E-state index is -0.492. The highest BCUT2D eigenvalue weighted by molar-refractivity contribution is 5.95. The van der Waals surface area contributed by atoms with Crippen molar-refractivity contribution in [3.05, 3.63) is 46.7 Å². The predicted octanol–water partition coefficient (Wildman–Crippen LogP) is 2.82. The fourth-order valence-corrected chi connectivity index (χ4v) is 2.29. The summed E-state index contributed by atoms with van der Waals surface area (Å²) < 4.78 is 5.34. The molecule has 1 heterocycles. The van der Waals surface area contributed by atoms with Gasteiger partial charge >= 0.3 is 12.0 Å². The summed E-state index contributed by atoms with van der Waals surface area (Å²) in [4.78, 5) is 24.1. The standard InChI is InChI=1S/C17H22N2O3/c1-10(2)9-22-16(20)14-12(4)18-17(21)19-15(14)13-7-5-11(3)6-8-13/h5-8,10,15H,9H2,1-4H3,(H2,18,19,21). The van der Waals surface area contributed by atoms with Crippen LogP contribution in [0.2, 0.25) is 0 Å². The number of amides is 2. The molecule has 1 atom stereocenters. The second kappa shape index (κ2) is 6.64. The van der Waals surface area contributed by atoms with Gasteiger partial charge in [0.15, 0.2) is 0 Å². The molecule has 1 aliphatic heterocycles. The lowest BCUT2D eigenvalue weighted by Crippen LogP contribution is -2.45. The van der Waals surface area contributed by atoms with Crippen molar-refractivity contribution < 1.29 is 14.3 Å². The zero-order valence-electron chi connectivity index (χ0n) is 13.4. The molecule has 5 nitrogen and oxygen atoms in total. The Kier molecular flexibility index (Phi) is 4.85. The van der Waals surface area contributed by atoms with Crippen LogP contribution >= 0.6 is 0 Å². The molecule has 0 fully saturated rings. The molecule has 22 heavy (non-hydrogen) atoms. The van der Waals surface area contributed by atoms with E-state index < -0.39 is 12.0 Å². The first-order valence-corrected chi connectivity index (χ1v) is 7.40. The summed E-state index contributed by atoms with van der Waals surface area (Å²) in [6.45, 7) is 8.01. The van der Waals surface area contributed by atoms with Crippen molar-refractivity contribution in [3.8, 4) is 0 Å². The second-order valence-electron chi connectivity index (χ2n) is 5.97. The monoisotopic (exact) mass is 302 g/mol. The van der Waals surface area contributed by atoms with E-state index in [0.29, 0.717) is 17.9 Å². The third-order valence-electron chi connectivity index (χ3n) is 3.45. The van der Waals surface area contributed by atoms with Gasteiger partial charge in [-0.05, 0) is 25.3 Å². The number of allylic oxidation sites excluding steroid dienone is 1. The lowest BCUT2D eigenvalue weighted by molar-refractivity contribution is -0.140. The first-order chi connectivity index (χ1) is 10.4. The van der Waals surface area contributed by atoms with Gasteiger partial charge in [0, 0.05) is 5.70 Å². The minimum Gasteiger partial charge on any atom is -0.462 e. The Labute approximate surface area is 130 Å². The van der Waals surface area contributed by atoms with E-state index in [1.165, 1.54) is 0 Å². The van der Waals surface area contributed by atoms with Crippen molar-refractivity contribution in [3.63, 3.8) is 0 Å². The van der Waals surface area contributed by atoms with Gasteiger partial charge in [0.2, 0.25) is 0 Å². The van der Waals surface area contributed by atoms with Crippen molar-refractivity contribution in [2.24, 2.45) is 5.92 Å². The SMILES string of the molecule is CC1=C(C(=O)OCC(C)C)C(c2ccc(C)cc2)NC(=O)N1. The molecule has 0 bridgehead atoms. The van der Waals surface area contributed by atoms with E-state index >= 15 is 0 Å². The number of ether oxygens (including phenoxy) is 1. The number of hydrogen-bond donors (Lipinski definition) is 2. The average molecular weight is 302 g/mol. The lowest BCUT2D eigenvalue weighted by Gasteiger charge is -2.28. The first kappa shape index (κ1) is 16.1. The molecule has 0 spiro atoms. The molecule has 0 saturated carbocycles. The molecule has 2 N–H and O–H groups in total. The summed E-state index contributed by atoms with van der Waals surface area (Å²) in [7, 11) is 0. The van der Waals surface area contributed by atoms with Crippen LogP contribution in [0.4, 0.5) is 4.79 Å². The van der Waals surface area contributed by atoms with Gasteiger partial charge in [-0.15, -0.1) is 0 Å². The van der Waals surface area contributed by atoms with Crippen LogP contribution in [0.1, 0.15) is 37.9 Å². The summed E-state index contributed by atoms with van der Waals surface area (Å²) in [6.07, 6.45) is 0. The van der Waals surface area contributed by atoms with E-state index in [-0.39, 0.29) is 11.9 Å². The van der Waals surface area contributed by atoms with Gasteiger partial charge in [0.05, 0.1) is 18.2 Å². The van der Waals surface area contributed by atoms with E-state index in [9.17, 15) is 9.59 Å². The quantitative estimate of drug-likeness (QED) is 0.840. The van der Waals surface area contributed by atoms with Gasteiger partial charge in [-0.25, -0.2) is 9.59 Å². The summed E-state index contributed by atoms with van der Waals surface area (Å²) in [5.41, 5.74) is 2.96. The van der Waals surface area contributed by atoms with E-state index in [2.05, 4.69) is 10.6 Å². The molecule has 118 valence electrons. The number of carbonyl (C=O) groups excluding carboxylic acids is 2. The van der Waals surface area contributed by atoms with E-state index in [0.717, 1.165) is 11.1 Å². The van der Waals surface area contributed by atoms with Gasteiger partial charge in [-0.2, -0.15) is 0 Å². The number of benzene rings is 1. The van der Waals surface area contributed by atoms with Gasteiger partial charge < -0.3 is 15.4 Å². The van der Waals surface area contributed by atoms with Crippen LogP contribution in [0.5, 0.6) is 0 Å². The van der Waals surface area contributed by atoms with Crippen LogP contribution in [0.15, 0.2) is 35.5 Å².